The predicted molar refractivity (Wildman–Crippen MR) is 104 cm³/mol. The Balaban J connectivity index is 1.47. The number of pyridine rings is 1. The van der Waals surface area contributed by atoms with Gasteiger partial charge in [0.15, 0.2) is 0 Å². The number of hydrogen-bond donors (Lipinski definition) is 0. The quantitative estimate of drug-likeness (QED) is 0.690. The number of rotatable bonds is 3. The molecule has 0 N–H and O–H groups in total. The lowest BCUT2D eigenvalue weighted by molar-refractivity contribution is 0.134. The van der Waals surface area contributed by atoms with Crippen molar-refractivity contribution in [2.24, 2.45) is 0 Å². The van der Waals surface area contributed by atoms with Gasteiger partial charge in [0.1, 0.15) is 0 Å². The number of aromatic nitrogens is 1. The Morgan fingerprint density at radius 2 is 1.92 bits per heavy atom. The Morgan fingerprint density at radius 1 is 1.04 bits per heavy atom. The molecule has 4 heteroatoms. The summed E-state index contributed by atoms with van der Waals surface area (Å²) in [5, 5.41) is 3.89. The van der Waals surface area contributed by atoms with Crippen molar-refractivity contribution in [2.75, 3.05) is 13.1 Å². The highest BCUT2D eigenvalue weighted by atomic mass is 35.5. The van der Waals surface area contributed by atoms with E-state index < -0.39 is 0 Å². The van der Waals surface area contributed by atoms with Gasteiger partial charge >= 0.3 is 0 Å². The molecule has 0 bridgehead atoms. The number of halogens is 1. The molecule has 128 valence electrons. The third kappa shape index (κ3) is 3.74. The molecular formula is C20H25ClN2S. The van der Waals surface area contributed by atoms with Crippen LogP contribution in [0.15, 0.2) is 35.5 Å². The molecule has 1 saturated carbocycles. The first kappa shape index (κ1) is 16.7. The molecule has 1 unspecified atom stereocenters. The van der Waals surface area contributed by atoms with Gasteiger partial charge in [0.2, 0.25) is 0 Å². The lowest BCUT2D eigenvalue weighted by atomic mass is 9.93. The van der Waals surface area contributed by atoms with Crippen molar-refractivity contribution in [3.05, 3.63) is 35.6 Å². The molecule has 1 aliphatic heterocycles. The molecule has 1 aliphatic carbocycles. The fourth-order valence-corrected chi connectivity index (χ4v) is 5.78. The van der Waals surface area contributed by atoms with Crippen molar-refractivity contribution >= 4 is 34.1 Å². The molecule has 0 amide bonds. The van der Waals surface area contributed by atoms with Crippen molar-refractivity contribution in [2.45, 2.75) is 61.1 Å². The van der Waals surface area contributed by atoms with Crippen LogP contribution in [0.4, 0.5) is 0 Å². The molecule has 2 nitrogen and oxygen atoms in total. The third-order valence-corrected chi connectivity index (χ3v) is 7.22. The van der Waals surface area contributed by atoms with Crippen LogP contribution in [-0.2, 0) is 0 Å². The largest absolute Gasteiger partial charge is 0.299 e. The minimum atomic E-state index is 0.664. The van der Waals surface area contributed by atoms with E-state index in [0.717, 1.165) is 16.5 Å². The van der Waals surface area contributed by atoms with E-state index in [1.807, 2.05) is 24.2 Å². The minimum absolute atomic E-state index is 0.664. The van der Waals surface area contributed by atoms with E-state index in [1.165, 1.54) is 68.3 Å². The van der Waals surface area contributed by atoms with Gasteiger partial charge in [-0.05, 0) is 55.8 Å². The van der Waals surface area contributed by atoms with Crippen LogP contribution in [0.3, 0.4) is 0 Å². The van der Waals surface area contributed by atoms with Crippen LogP contribution in [-0.4, -0.2) is 34.3 Å². The topological polar surface area (TPSA) is 16.1 Å². The Bertz CT molecular complexity index is 699. The molecule has 4 rings (SSSR count). The van der Waals surface area contributed by atoms with Crippen LogP contribution >= 0.6 is 23.4 Å². The van der Waals surface area contributed by atoms with Gasteiger partial charge in [0.05, 0.1) is 5.02 Å². The highest BCUT2D eigenvalue weighted by molar-refractivity contribution is 8.00. The maximum absolute atomic E-state index is 6.55. The maximum atomic E-state index is 6.55. The molecule has 1 atom stereocenters. The second kappa shape index (κ2) is 7.63. The molecule has 2 aliphatic rings. The first-order chi connectivity index (χ1) is 11.8. The molecule has 1 aromatic carbocycles. The van der Waals surface area contributed by atoms with Crippen LogP contribution in [0, 0.1) is 0 Å². The molecule has 1 saturated heterocycles. The van der Waals surface area contributed by atoms with Gasteiger partial charge in [-0.3, -0.25) is 9.88 Å². The summed E-state index contributed by atoms with van der Waals surface area (Å²) in [5.74, 6) is 0. The molecule has 0 radical (unpaired) electrons. The van der Waals surface area contributed by atoms with Gasteiger partial charge in [-0.1, -0.05) is 30.9 Å². The molecule has 2 aromatic rings. The van der Waals surface area contributed by atoms with Crippen molar-refractivity contribution in [1.29, 1.82) is 0 Å². The summed E-state index contributed by atoms with van der Waals surface area (Å²) in [6.07, 6.45) is 13.5. The van der Waals surface area contributed by atoms with Crippen LogP contribution < -0.4 is 0 Å². The highest BCUT2D eigenvalue weighted by Crippen LogP contribution is 2.37. The summed E-state index contributed by atoms with van der Waals surface area (Å²) >= 11 is 8.53. The van der Waals surface area contributed by atoms with Gasteiger partial charge in [0.25, 0.3) is 0 Å². The van der Waals surface area contributed by atoms with E-state index in [1.54, 1.807) is 0 Å². The summed E-state index contributed by atoms with van der Waals surface area (Å²) in [4.78, 5) is 8.18. The molecular weight excluding hydrogens is 336 g/mol. The van der Waals surface area contributed by atoms with E-state index >= 15 is 0 Å². The van der Waals surface area contributed by atoms with E-state index in [-0.39, 0.29) is 0 Å². The minimum Gasteiger partial charge on any atom is -0.299 e. The maximum Gasteiger partial charge on any atom is 0.0548 e. The average molecular weight is 361 g/mol. The molecule has 0 spiro atoms. The highest BCUT2D eigenvalue weighted by Gasteiger charge is 2.27. The number of hydrogen-bond acceptors (Lipinski definition) is 3. The second-order valence-electron chi connectivity index (χ2n) is 7.17. The van der Waals surface area contributed by atoms with E-state index in [0.29, 0.717) is 5.25 Å². The normalized spacial score (nSPS) is 23.6. The zero-order chi connectivity index (χ0) is 16.4. The van der Waals surface area contributed by atoms with E-state index in [9.17, 15) is 0 Å². The van der Waals surface area contributed by atoms with Crippen LogP contribution in [0.1, 0.15) is 44.9 Å². The predicted octanol–water partition coefficient (Wildman–Crippen LogP) is 5.78. The Hall–Kier alpha value is -0.770. The smallest absolute Gasteiger partial charge is 0.0548 e. The standard InChI is InChI=1S/C20H25ClN2S/c21-19-11-16-13-22-9-8-15(16)12-20(19)24-18-7-4-10-23(14-18)17-5-2-1-3-6-17/h8-9,11-13,17-18H,1-7,10,14H2. The van der Waals surface area contributed by atoms with Gasteiger partial charge in [-0.2, -0.15) is 0 Å². The summed E-state index contributed by atoms with van der Waals surface area (Å²) in [7, 11) is 0. The Morgan fingerprint density at radius 3 is 2.79 bits per heavy atom. The summed E-state index contributed by atoms with van der Waals surface area (Å²) < 4.78 is 0. The zero-order valence-electron chi connectivity index (χ0n) is 14.1. The van der Waals surface area contributed by atoms with Crippen LogP contribution in [0.2, 0.25) is 5.02 Å². The fraction of sp³-hybridized carbons (Fsp3) is 0.550. The first-order valence-electron chi connectivity index (χ1n) is 9.23. The van der Waals surface area contributed by atoms with E-state index in [2.05, 4.69) is 28.1 Å². The number of piperidine rings is 1. The van der Waals surface area contributed by atoms with Crippen molar-refractivity contribution in [3.8, 4) is 0 Å². The van der Waals surface area contributed by atoms with Gasteiger partial charge < -0.3 is 0 Å². The number of thioether (sulfide) groups is 1. The average Bonchev–Trinajstić information content (AvgIpc) is 2.63. The summed E-state index contributed by atoms with van der Waals surface area (Å²) in [6.45, 7) is 2.51. The number of likely N-dealkylation sites (tertiary alicyclic amines) is 1. The van der Waals surface area contributed by atoms with E-state index in [4.69, 9.17) is 11.6 Å². The van der Waals surface area contributed by atoms with Gasteiger partial charge in [-0.25, -0.2) is 0 Å². The Kier molecular flexibility index (Phi) is 5.31. The zero-order valence-corrected chi connectivity index (χ0v) is 15.7. The molecule has 2 fully saturated rings. The lowest BCUT2D eigenvalue weighted by Gasteiger charge is -2.39. The lowest BCUT2D eigenvalue weighted by Crippen LogP contribution is -2.44. The second-order valence-corrected chi connectivity index (χ2v) is 8.92. The first-order valence-corrected chi connectivity index (χ1v) is 10.5. The monoisotopic (exact) mass is 360 g/mol. The number of benzene rings is 1. The molecule has 1 aromatic heterocycles. The van der Waals surface area contributed by atoms with Gasteiger partial charge in [0, 0.05) is 40.5 Å². The summed E-state index contributed by atoms with van der Waals surface area (Å²) in [5.41, 5.74) is 0. The third-order valence-electron chi connectivity index (χ3n) is 5.49. The molecule has 24 heavy (non-hydrogen) atoms. The number of fused-ring (bicyclic) bond motifs is 1. The van der Waals surface area contributed by atoms with Crippen molar-refractivity contribution in [3.63, 3.8) is 0 Å². The Labute approximate surface area is 154 Å². The summed E-state index contributed by atoms with van der Waals surface area (Å²) in [6, 6.07) is 7.21. The SMILES string of the molecule is Clc1cc2cnccc2cc1SC1CCCN(C2CCCCC2)C1. The van der Waals surface area contributed by atoms with Crippen molar-refractivity contribution in [1.82, 2.24) is 9.88 Å². The van der Waals surface area contributed by atoms with Crippen LogP contribution in [0.25, 0.3) is 10.8 Å². The van der Waals surface area contributed by atoms with Crippen molar-refractivity contribution < 1.29 is 0 Å². The number of nitrogens with zero attached hydrogens (tertiary/aromatic N) is 2. The van der Waals surface area contributed by atoms with Gasteiger partial charge in [-0.15, -0.1) is 11.8 Å². The molecule has 2 heterocycles. The van der Waals surface area contributed by atoms with Crippen LogP contribution in [0.5, 0.6) is 0 Å². The fourth-order valence-electron chi connectivity index (χ4n) is 4.20.